The van der Waals surface area contributed by atoms with Gasteiger partial charge >= 0.3 is 0 Å². The number of alkyl halides is 4. The number of nitrogens with zero attached hydrogens (tertiary/aromatic N) is 7. The van der Waals surface area contributed by atoms with Crippen molar-refractivity contribution in [2.45, 2.75) is 168 Å². The molecule has 15 rings (SSSR count). The smallest absolute Gasteiger partial charge is 0.257 e. The molecule has 0 radical (unpaired) electrons. The lowest BCUT2D eigenvalue weighted by Gasteiger charge is -2.42. The lowest BCUT2D eigenvalue weighted by molar-refractivity contribution is -0.0397. The van der Waals surface area contributed by atoms with Crippen molar-refractivity contribution in [2.75, 3.05) is 98.4 Å². The van der Waals surface area contributed by atoms with E-state index in [0.717, 1.165) is 146 Å². The number of halogens is 10. The highest BCUT2D eigenvalue weighted by Crippen LogP contribution is 2.51. The topological polar surface area (TPSA) is 99.4 Å². The van der Waals surface area contributed by atoms with Crippen molar-refractivity contribution in [1.82, 2.24) is 34.4 Å². The fraction of sp³-hybridized carbons (Fsp3) is 0.518. The minimum absolute atomic E-state index is 0.0149. The highest BCUT2D eigenvalue weighted by atomic mass is 35.5. The summed E-state index contributed by atoms with van der Waals surface area (Å²) in [5.74, 6) is -1.57. The maximum Gasteiger partial charge on any atom is 0.257 e. The maximum absolute atomic E-state index is 15.6. The Labute approximate surface area is 638 Å². The molecule has 0 aliphatic carbocycles. The van der Waals surface area contributed by atoms with Crippen LogP contribution in [0.25, 0.3) is 33.0 Å². The second-order valence-electron chi connectivity index (χ2n) is 32.1. The largest absolute Gasteiger partial charge is 0.492 e. The molecule has 0 spiro atoms. The molecule has 6 aliphatic rings. The number of para-hydroxylation sites is 2. The minimum atomic E-state index is -3.07. The molecule has 0 N–H and O–H groups in total. The SMILES string of the molecule is CCC1CN(CCOc2cc(Cl)c(C3c4oc5ccccc5c4CC(C)N3CC(C)(C)F)c(Cl)c2)C1.CCC1CN(CCOc2cc(F)c(C3c4oc5ccccc5c4CC(C)N3CC(C)(C)F)c(F)c2)C1.CCC1CN(CCOc2cc(F)c(C3c4oc5ncccc5c4CC(C)N3CC(C)(F)F)c(F)c2)C1. The average Bonchev–Trinajstić information content (AvgIpc) is 1.55. The molecule has 582 valence electrons. The zero-order valence-electron chi connectivity index (χ0n) is 63.7. The first kappa shape index (κ1) is 79.1. The summed E-state index contributed by atoms with van der Waals surface area (Å²) in [6.07, 6.45) is 6.87. The van der Waals surface area contributed by atoms with Crippen LogP contribution in [0.2, 0.25) is 10.0 Å². The summed E-state index contributed by atoms with van der Waals surface area (Å²) in [5.41, 5.74) is 1.94. The molecule has 3 fully saturated rings. The normalized spacial score (nSPS) is 21.5. The number of aromatic nitrogens is 1. The summed E-state index contributed by atoms with van der Waals surface area (Å²) in [4.78, 5) is 16.5. The fourth-order valence-corrected chi connectivity index (χ4v) is 17.4. The Kier molecular flexibility index (Phi) is 24.0. The maximum atomic E-state index is 15.6. The molecule has 6 atom stereocenters. The molecular weight excluding hydrogens is 1440 g/mol. The van der Waals surface area contributed by atoms with Gasteiger partial charge in [-0.3, -0.25) is 29.4 Å². The molecule has 3 saturated heterocycles. The Balaban J connectivity index is 0.000000143. The van der Waals surface area contributed by atoms with Crippen LogP contribution in [0, 0.1) is 41.0 Å². The van der Waals surface area contributed by atoms with Crippen LogP contribution in [-0.2, 0) is 19.3 Å². The predicted molar refractivity (Wildman–Crippen MR) is 409 cm³/mol. The van der Waals surface area contributed by atoms with Crippen LogP contribution < -0.4 is 14.2 Å². The lowest BCUT2D eigenvalue weighted by Crippen LogP contribution is -2.48. The van der Waals surface area contributed by atoms with Crippen LogP contribution in [0.3, 0.4) is 0 Å². The van der Waals surface area contributed by atoms with Crippen LogP contribution in [-0.4, -0.2) is 168 Å². The molecule has 4 aromatic heterocycles. The van der Waals surface area contributed by atoms with E-state index in [1.807, 2.05) is 72.5 Å². The number of pyridine rings is 1. The number of benzene rings is 5. The van der Waals surface area contributed by atoms with E-state index in [1.165, 1.54) is 43.7 Å². The van der Waals surface area contributed by atoms with Crippen molar-refractivity contribution in [1.29, 1.82) is 0 Å². The molecule has 6 unspecified atom stereocenters. The first-order chi connectivity index (χ1) is 51.4. The Morgan fingerprint density at radius 2 is 0.778 bits per heavy atom. The van der Waals surface area contributed by atoms with Crippen LogP contribution >= 0.6 is 23.2 Å². The van der Waals surface area contributed by atoms with Crippen LogP contribution in [0.1, 0.15) is 164 Å². The Morgan fingerprint density at radius 1 is 0.444 bits per heavy atom. The van der Waals surface area contributed by atoms with Crippen LogP contribution in [0.15, 0.2) is 117 Å². The predicted octanol–water partition coefficient (Wildman–Crippen LogP) is 19.9. The molecule has 13 nitrogen and oxygen atoms in total. The molecule has 0 saturated carbocycles. The lowest BCUT2D eigenvalue weighted by atomic mass is 9.87. The number of hydrogen-bond donors (Lipinski definition) is 0. The van der Waals surface area contributed by atoms with Crippen molar-refractivity contribution in [3.05, 3.63) is 187 Å². The van der Waals surface area contributed by atoms with Crippen molar-refractivity contribution in [2.24, 2.45) is 17.8 Å². The van der Waals surface area contributed by atoms with E-state index in [-0.39, 0.29) is 53.6 Å². The van der Waals surface area contributed by atoms with Crippen molar-refractivity contribution in [3.63, 3.8) is 0 Å². The zero-order chi connectivity index (χ0) is 76.8. The van der Waals surface area contributed by atoms with Crippen LogP contribution in [0.4, 0.5) is 35.1 Å². The van der Waals surface area contributed by atoms with Gasteiger partial charge in [0.2, 0.25) is 5.71 Å². The summed E-state index contributed by atoms with van der Waals surface area (Å²) < 4.78 is 157. The van der Waals surface area contributed by atoms with E-state index in [2.05, 4.69) is 58.3 Å². The van der Waals surface area contributed by atoms with Crippen molar-refractivity contribution in [3.8, 4) is 17.2 Å². The second-order valence-corrected chi connectivity index (χ2v) is 32.9. The van der Waals surface area contributed by atoms with Gasteiger partial charge in [-0.2, -0.15) is 0 Å². The van der Waals surface area contributed by atoms with Crippen molar-refractivity contribution < 1.29 is 62.6 Å². The van der Waals surface area contributed by atoms with Gasteiger partial charge in [-0.1, -0.05) is 99.6 Å². The molecule has 6 aliphatic heterocycles. The quantitative estimate of drug-likeness (QED) is 0.0537. The Hall–Kier alpha value is -6.95. The van der Waals surface area contributed by atoms with Gasteiger partial charge in [0.05, 0.1) is 22.6 Å². The monoisotopic (exact) mass is 1540 g/mol. The average molecular weight is 1540 g/mol. The van der Waals surface area contributed by atoms with Gasteiger partial charge in [-0.15, -0.1) is 0 Å². The second kappa shape index (κ2) is 32.8. The van der Waals surface area contributed by atoms with E-state index in [1.54, 1.807) is 33.0 Å². The molecule has 23 heteroatoms. The Bertz CT molecular complexity index is 4090. The van der Waals surface area contributed by atoms with Gasteiger partial charge in [-0.05, 0) is 122 Å². The highest BCUT2D eigenvalue weighted by molar-refractivity contribution is 6.36. The molecular formula is C85H101Cl2F8N7O6. The van der Waals surface area contributed by atoms with Gasteiger partial charge in [0, 0.05) is 177 Å². The summed E-state index contributed by atoms with van der Waals surface area (Å²) >= 11 is 13.8. The first-order valence-electron chi connectivity index (χ1n) is 38.3. The van der Waals surface area contributed by atoms with E-state index >= 15 is 22.0 Å². The molecule has 9 aromatic rings. The summed E-state index contributed by atoms with van der Waals surface area (Å²) in [7, 11) is 0. The Morgan fingerprint density at radius 3 is 1.15 bits per heavy atom. The first-order valence-corrected chi connectivity index (χ1v) is 39.1. The third kappa shape index (κ3) is 17.5. The standard InChI is InChI=1S/C29H35Cl2FN2O2.C29H35F3N2O2.C27H31F4N3O2/c2*1-5-19-15-33(16-19)10-11-35-20-13-23(30)26(24(31)14-20)27-28-22(21-8-6-7-9-25(21)36-28)12-18(2)34(27)17-29(3,4)32;1-4-17-13-33(14-17)8-9-35-18-11-21(28)23(22(29)12-18)24-25-20(19-6-5-7-32-26(19)36-25)10-16(2)34(24)15-27(3,30)31/h2*6-9,13-14,18-19,27H,5,10-12,15-17H2,1-4H3;5-7,11-12,16-17,24H,4,8-10,13-15H2,1-3H3. The fourth-order valence-electron chi connectivity index (χ4n) is 16.8. The van der Waals surface area contributed by atoms with E-state index < -0.39 is 71.2 Å². The summed E-state index contributed by atoms with van der Waals surface area (Å²) in [5, 5.41) is 3.75. The molecule has 0 bridgehead atoms. The van der Waals surface area contributed by atoms with Crippen LogP contribution in [0.5, 0.6) is 17.2 Å². The van der Waals surface area contributed by atoms with Crippen molar-refractivity contribution >= 4 is 56.2 Å². The van der Waals surface area contributed by atoms with Gasteiger partial charge in [0.25, 0.3) is 5.92 Å². The van der Waals surface area contributed by atoms with E-state index in [9.17, 15) is 13.2 Å². The molecule has 108 heavy (non-hydrogen) atoms. The zero-order valence-corrected chi connectivity index (χ0v) is 65.2. The minimum Gasteiger partial charge on any atom is -0.492 e. The van der Waals surface area contributed by atoms with Gasteiger partial charge < -0.3 is 27.5 Å². The number of rotatable bonds is 24. The van der Waals surface area contributed by atoms with Gasteiger partial charge in [0.15, 0.2) is 0 Å². The number of furan rings is 3. The highest BCUT2D eigenvalue weighted by Gasteiger charge is 2.47. The third-order valence-electron chi connectivity index (χ3n) is 22.4. The number of hydrogen-bond acceptors (Lipinski definition) is 13. The van der Waals surface area contributed by atoms with E-state index in [4.69, 9.17) is 50.7 Å². The third-order valence-corrected chi connectivity index (χ3v) is 23.0. The summed E-state index contributed by atoms with van der Waals surface area (Å²) in [6, 6.07) is 24.7. The number of likely N-dealkylation sites (tertiary alicyclic amines) is 3. The van der Waals surface area contributed by atoms with E-state index in [0.29, 0.717) is 78.0 Å². The molecule has 10 heterocycles. The van der Waals surface area contributed by atoms with Gasteiger partial charge in [-0.25, -0.2) is 40.1 Å². The molecule has 0 amide bonds. The van der Waals surface area contributed by atoms with Gasteiger partial charge in [0.1, 0.15) is 112 Å². The number of ether oxygens (including phenoxy) is 3. The summed E-state index contributed by atoms with van der Waals surface area (Å²) in [6.45, 7) is 28.9. The molecule has 5 aromatic carbocycles. The number of fused-ring (bicyclic) bond motifs is 9.